The number of likely N-dealkylation sites (tertiary alicyclic amines) is 1. The van der Waals surface area contributed by atoms with Gasteiger partial charge in [-0.05, 0) is 70.6 Å². The molecule has 2 heterocycles. The fraction of sp³-hybridized carbons (Fsp3) is 0.267. The third kappa shape index (κ3) is 5.44. The van der Waals surface area contributed by atoms with Crippen molar-refractivity contribution in [2.45, 2.75) is 44.8 Å². The first-order valence-electron chi connectivity index (χ1n) is 13.4. The molecule has 0 bridgehead atoms. The van der Waals surface area contributed by atoms with Crippen LogP contribution in [0.25, 0.3) is 22.5 Å². The Bertz CT molecular complexity index is 1570. The van der Waals surface area contributed by atoms with Crippen LogP contribution in [0.15, 0.2) is 72.8 Å². The van der Waals surface area contributed by atoms with Gasteiger partial charge in [0.2, 0.25) is 5.91 Å². The molecule has 3 N–H and O–H groups in total. The van der Waals surface area contributed by atoms with E-state index in [0.29, 0.717) is 42.8 Å². The van der Waals surface area contributed by atoms with E-state index in [0.717, 1.165) is 16.7 Å². The van der Waals surface area contributed by atoms with Crippen LogP contribution in [0.5, 0.6) is 5.75 Å². The molecule has 1 aliphatic heterocycles. The largest absolute Gasteiger partial charge is 0.508 e. The molecule has 1 fully saturated rings. The van der Waals surface area contributed by atoms with Gasteiger partial charge in [-0.25, -0.2) is 4.79 Å². The molecule has 0 radical (unpaired) electrons. The van der Waals surface area contributed by atoms with Crippen molar-refractivity contribution in [2.75, 3.05) is 6.54 Å². The highest BCUT2D eigenvalue weighted by molar-refractivity contribution is 5.98. The Morgan fingerprint density at radius 2 is 1.68 bits per heavy atom. The molecule has 5 rings (SSSR count). The van der Waals surface area contributed by atoms with Crippen molar-refractivity contribution >= 4 is 17.8 Å². The van der Waals surface area contributed by atoms with Gasteiger partial charge in [0.05, 0.1) is 0 Å². The maximum absolute atomic E-state index is 13.2. The molecule has 41 heavy (non-hydrogen) atoms. The zero-order valence-corrected chi connectivity index (χ0v) is 22.5. The van der Waals surface area contributed by atoms with Crippen molar-refractivity contribution in [3.8, 4) is 28.3 Å². The first-order chi connectivity index (χ1) is 19.8. The van der Waals surface area contributed by atoms with Crippen LogP contribution in [-0.4, -0.2) is 65.3 Å². The maximum atomic E-state index is 13.2. The van der Waals surface area contributed by atoms with Crippen LogP contribution >= 0.6 is 0 Å². The lowest BCUT2D eigenvalue weighted by atomic mass is 9.98. The molecular formula is C30H30N6O5. The van der Waals surface area contributed by atoms with Crippen molar-refractivity contribution in [1.82, 2.24) is 30.4 Å². The number of aliphatic carboxylic acids is 1. The van der Waals surface area contributed by atoms with Gasteiger partial charge < -0.3 is 15.1 Å². The maximum Gasteiger partial charge on any atom is 0.344 e. The molecule has 11 heteroatoms. The molecule has 11 nitrogen and oxygen atoms in total. The van der Waals surface area contributed by atoms with E-state index in [1.807, 2.05) is 55.5 Å². The van der Waals surface area contributed by atoms with Crippen LogP contribution in [0.1, 0.15) is 53.3 Å². The zero-order valence-electron chi connectivity index (χ0n) is 22.5. The summed E-state index contributed by atoms with van der Waals surface area (Å²) >= 11 is 0. The highest BCUT2D eigenvalue weighted by Crippen LogP contribution is 2.32. The van der Waals surface area contributed by atoms with E-state index in [9.17, 15) is 24.6 Å². The average Bonchev–Trinajstić information content (AvgIpc) is 3.65. The summed E-state index contributed by atoms with van der Waals surface area (Å²) in [5.74, 6) is -1.32. The molecule has 0 saturated carbocycles. The third-order valence-electron chi connectivity index (χ3n) is 7.28. The summed E-state index contributed by atoms with van der Waals surface area (Å²) in [7, 11) is 0. The smallest absolute Gasteiger partial charge is 0.344 e. The number of carboxylic acids is 1. The van der Waals surface area contributed by atoms with Crippen LogP contribution < -0.4 is 5.32 Å². The summed E-state index contributed by atoms with van der Waals surface area (Å²) in [5, 5.41) is 34.6. The lowest BCUT2D eigenvalue weighted by Crippen LogP contribution is -2.62. The van der Waals surface area contributed by atoms with E-state index in [4.69, 9.17) is 0 Å². The van der Waals surface area contributed by atoms with Gasteiger partial charge in [0.1, 0.15) is 5.75 Å². The zero-order chi connectivity index (χ0) is 29.0. The molecule has 0 spiro atoms. The van der Waals surface area contributed by atoms with E-state index in [1.165, 1.54) is 33.8 Å². The van der Waals surface area contributed by atoms with Gasteiger partial charge in [-0.3, -0.25) is 14.9 Å². The number of tetrazole rings is 1. The monoisotopic (exact) mass is 554 g/mol. The molecule has 0 aliphatic carbocycles. The Kier molecular flexibility index (Phi) is 7.88. The van der Waals surface area contributed by atoms with Crippen molar-refractivity contribution < 1.29 is 24.6 Å². The minimum atomic E-state index is -1.55. The number of amides is 1. The van der Waals surface area contributed by atoms with Crippen molar-refractivity contribution in [3.63, 3.8) is 0 Å². The number of aromatic nitrogens is 4. The molecule has 1 saturated heterocycles. The van der Waals surface area contributed by atoms with Crippen LogP contribution in [0, 0.1) is 0 Å². The normalized spacial score (nSPS) is 16.6. The van der Waals surface area contributed by atoms with Gasteiger partial charge in [-0.15, -0.1) is 5.10 Å². The summed E-state index contributed by atoms with van der Waals surface area (Å²) in [6.45, 7) is 2.44. The molecule has 1 aromatic heterocycles. The van der Waals surface area contributed by atoms with E-state index < -0.39 is 17.5 Å². The lowest BCUT2D eigenvalue weighted by Gasteiger charge is -2.35. The number of carbonyl (C=O) groups excluding carboxylic acids is 2. The summed E-state index contributed by atoms with van der Waals surface area (Å²) < 4.78 is 1.23. The second kappa shape index (κ2) is 11.7. The summed E-state index contributed by atoms with van der Waals surface area (Å²) in [6.07, 6.45) is 1.82. The first-order valence-corrected chi connectivity index (χ1v) is 13.4. The highest BCUT2D eigenvalue weighted by Gasteiger charge is 2.50. The van der Waals surface area contributed by atoms with Gasteiger partial charge in [0.15, 0.2) is 11.5 Å². The number of aromatic hydroxyl groups is 1. The number of carbonyl (C=O) groups is 3. The number of phenolic OH excluding ortho intramolecular Hbond substituents is 1. The molecule has 4 aromatic rings. The summed E-state index contributed by atoms with van der Waals surface area (Å²) in [4.78, 5) is 39.6. The molecule has 1 aliphatic rings. The average molecular weight is 555 g/mol. The minimum Gasteiger partial charge on any atom is -0.508 e. The van der Waals surface area contributed by atoms with Crippen molar-refractivity contribution in [2.24, 2.45) is 0 Å². The summed E-state index contributed by atoms with van der Waals surface area (Å²) in [5.41, 5.74) is 2.02. The number of phenols is 1. The Labute approximate surface area is 236 Å². The molecular weight excluding hydrogens is 524 g/mol. The standard InChI is InChI=1S/C30H30N6O5/c1-2-6-26(38)36-27(32-33-34-36)25-8-4-3-7-24(25)21-11-9-20(10-12-21)19-31-30(29(40)41)17-5-18-35(30)28(39)22-13-15-23(37)16-14-22/h3-4,7-16,31,37H,2,5-6,17-19H2,1H3,(H,40,41). The second-order valence-electron chi connectivity index (χ2n) is 9.93. The van der Waals surface area contributed by atoms with Gasteiger partial charge in [0, 0.05) is 30.6 Å². The predicted octanol–water partition coefficient (Wildman–Crippen LogP) is 3.96. The number of rotatable bonds is 9. The van der Waals surface area contributed by atoms with Crippen molar-refractivity contribution in [1.29, 1.82) is 0 Å². The number of hydrogen-bond acceptors (Lipinski definition) is 8. The van der Waals surface area contributed by atoms with E-state index in [1.54, 1.807) is 0 Å². The Morgan fingerprint density at radius 1 is 0.976 bits per heavy atom. The number of nitrogens with zero attached hydrogens (tertiary/aromatic N) is 5. The van der Waals surface area contributed by atoms with E-state index in [2.05, 4.69) is 20.8 Å². The number of carboxylic acid groups (broad SMARTS) is 1. The van der Waals surface area contributed by atoms with Gasteiger partial charge in [-0.1, -0.05) is 55.5 Å². The fourth-order valence-electron chi connectivity index (χ4n) is 5.16. The number of hydrogen-bond donors (Lipinski definition) is 3. The predicted molar refractivity (Wildman–Crippen MR) is 150 cm³/mol. The second-order valence-corrected chi connectivity index (χ2v) is 9.93. The molecule has 210 valence electrons. The number of nitrogens with one attached hydrogen (secondary N) is 1. The van der Waals surface area contributed by atoms with E-state index in [-0.39, 0.29) is 24.6 Å². The molecule has 1 amide bonds. The van der Waals surface area contributed by atoms with Gasteiger partial charge in [-0.2, -0.15) is 4.68 Å². The first kappa shape index (κ1) is 27.7. The van der Waals surface area contributed by atoms with Crippen LogP contribution in [0.4, 0.5) is 0 Å². The fourth-order valence-corrected chi connectivity index (χ4v) is 5.16. The third-order valence-corrected chi connectivity index (χ3v) is 7.28. The van der Waals surface area contributed by atoms with Crippen LogP contribution in [0.3, 0.4) is 0 Å². The molecule has 3 aromatic carbocycles. The summed E-state index contributed by atoms with van der Waals surface area (Å²) in [6, 6.07) is 20.9. The van der Waals surface area contributed by atoms with Gasteiger partial charge >= 0.3 is 5.97 Å². The lowest BCUT2D eigenvalue weighted by molar-refractivity contribution is -0.150. The Hall–Kier alpha value is -4.90. The molecule has 1 atom stereocenters. The SMILES string of the molecule is CCCC(=O)n1nnnc1-c1ccccc1-c1ccc(CNC2(C(=O)O)CCCN2C(=O)c2ccc(O)cc2)cc1. The Balaban J connectivity index is 1.36. The quantitative estimate of drug-likeness (QED) is 0.261. The minimum absolute atomic E-state index is 0.0280. The van der Waals surface area contributed by atoms with Crippen LogP contribution in [-0.2, 0) is 11.3 Å². The number of benzene rings is 3. The Morgan fingerprint density at radius 3 is 2.37 bits per heavy atom. The van der Waals surface area contributed by atoms with Gasteiger partial charge in [0.25, 0.3) is 5.91 Å². The van der Waals surface area contributed by atoms with E-state index >= 15 is 0 Å². The molecule has 1 unspecified atom stereocenters. The van der Waals surface area contributed by atoms with Crippen LogP contribution in [0.2, 0.25) is 0 Å². The highest BCUT2D eigenvalue weighted by atomic mass is 16.4. The topological polar surface area (TPSA) is 151 Å². The van der Waals surface area contributed by atoms with Crippen molar-refractivity contribution in [3.05, 3.63) is 83.9 Å².